The van der Waals surface area contributed by atoms with Crippen LogP contribution in [0.2, 0.25) is 5.15 Å². The molecule has 0 saturated heterocycles. The normalized spacial score (nSPS) is 14.4. The van der Waals surface area contributed by atoms with Crippen LogP contribution < -0.4 is 10.2 Å². The number of anilines is 2. The number of amides is 1. The molecule has 0 atom stereocenters. The standard InChI is InChI=1S/C21H24ClF3N4O/c1-20(2,3)11-16(30)27-18-17(22)28-19-15(26-18)5-4-10-29(19)12-13-6-8-14(9-7-13)21(23,24)25/h6-9H,4-5,10-12H2,1-3H3,(H,26,27,30). The van der Waals surface area contributed by atoms with Crippen LogP contribution in [0.4, 0.5) is 24.8 Å². The predicted octanol–water partition coefficient (Wildman–Crippen LogP) is 5.48. The summed E-state index contributed by atoms with van der Waals surface area (Å²) in [5.74, 6) is 0.650. The van der Waals surface area contributed by atoms with E-state index >= 15 is 0 Å². The van der Waals surface area contributed by atoms with Crippen molar-refractivity contribution in [3.8, 4) is 0 Å². The van der Waals surface area contributed by atoms with Crippen molar-refractivity contribution in [3.05, 3.63) is 46.2 Å². The molecule has 1 amide bonds. The number of carbonyl (C=O) groups excluding carboxylic acids is 1. The van der Waals surface area contributed by atoms with E-state index in [1.807, 2.05) is 25.7 Å². The van der Waals surface area contributed by atoms with Crippen LogP contribution >= 0.6 is 11.6 Å². The number of nitrogens with one attached hydrogen (secondary N) is 1. The van der Waals surface area contributed by atoms with Gasteiger partial charge >= 0.3 is 6.18 Å². The largest absolute Gasteiger partial charge is 0.416 e. The van der Waals surface area contributed by atoms with Crippen molar-refractivity contribution >= 4 is 29.1 Å². The molecule has 0 spiro atoms. The van der Waals surface area contributed by atoms with Gasteiger partial charge in [0, 0.05) is 19.5 Å². The molecule has 3 rings (SSSR count). The lowest BCUT2D eigenvalue weighted by atomic mass is 9.92. The second-order valence-electron chi connectivity index (χ2n) is 8.64. The zero-order chi connectivity index (χ0) is 22.1. The lowest BCUT2D eigenvalue weighted by molar-refractivity contribution is -0.137. The van der Waals surface area contributed by atoms with Crippen LogP contribution in [0.15, 0.2) is 24.3 Å². The number of fused-ring (bicyclic) bond motifs is 1. The molecule has 0 radical (unpaired) electrons. The molecule has 1 N–H and O–H groups in total. The highest BCUT2D eigenvalue weighted by atomic mass is 35.5. The Kier molecular flexibility index (Phi) is 6.26. The lowest BCUT2D eigenvalue weighted by Gasteiger charge is -2.30. The van der Waals surface area contributed by atoms with Crippen LogP contribution in [0.5, 0.6) is 0 Å². The molecule has 1 aliphatic heterocycles. The Morgan fingerprint density at radius 2 is 1.83 bits per heavy atom. The molecule has 0 saturated carbocycles. The van der Waals surface area contributed by atoms with E-state index in [0.717, 1.165) is 24.1 Å². The summed E-state index contributed by atoms with van der Waals surface area (Å²) >= 11 is 6.28. The summed E-state index contributed by atoms with van der Waals surface area (Å²) in [5, 5.41) is 2.83. The molecular weight excluding hydrogens is 417 g/mol. The first kappa shape index (κ1) is 22.3. The van der Waals surface area contributed by atoms with Crippen molar-refractivity contribution < 1.29 is 18.0 Å². The molecule has 1 aromatic heterocycles. The highest BCUT2D eigenvalue weighted by Crippen LogP contribution is 2.32. The third-order valence-electron chi connectivity index (χ3n) is 4.65. The van der Waals surface area contributed by atoms with Gasteiger partial charge in [0.15, 0.2) is 16.8 Å². The summed E-state index contributed by atoms with van der Waals surface area (Å²) < 4.78 is 38.3. The number of aryl methyl sites for hydroxylation is 1. The second kappa shape index (κ2) is 8.41. The fourth-order valence-electron chi connectivity index (χ4n) is 3.32. The fraction of sp³-hybridized carbons (Fsp3) is 0.476. The van der Waals surface area contributed by atoms with Crippen molar-refractivity contribution in [3.63, 3.8) is 0 Å². The number of aromatic nitrogens is 2. The van der Waals surface area contributed by atoms with E-state index in [-0.39, 0.29) is 22.3 Å². The first-order valence-electron chi connectivity index (χ1n) is 9.70. The van der Waals surface area contributed by atoms with Crippen molar-refractivity contribution in [1.29, 1.82) is 0 Å². The van der Waals surface area contributed by atoms with Crippen LogP contribution in [0.25, 0.3) is 0 Å². The number of hydrogen-bond acceptors (Lipinski definition) is 4. The van der Waals surface area contributed by atoms with Gasteiger partial charge in [0.2, 0.25) is 5.91 Å². The molecule has 0 aliphatic carbocycles. The minimum Gasteiger partial charge on any atom is -0.351 e. The van der Waals surface area contributed by atoms with Gasteiger partial charge in [-0.3, -0.25) is 4.79 Å². The Labute approximate surface area is 178 Å². The highest BCUT2D eigenvalue weighted by Gasteiger charge is 2.30. The minimum absolute atomic E-state index is 0.0929. The molecule has 2 heterocycles. The highest BCUT2D eigenvalue weighted by molar-refractivity contribution is 6.32. The van der Waals surface area contributed by atoms with Crippen molar-refractivity contribution in [1.82, 2.24) is 9.97 Å². The molecule has 0 bridgehead atoms. The molecule has 1 aromatic carbocycles. The van der Waals surface area contributed by atoms with Crippen molar-refractivity contribution in [2.24, 2.45) is 5.41 Å². The Balaban J connectivity index is 1.77. The second-order valence-corrected chi connectivity index (χ2v) is 9.00. The predicted molar refractivity (Wildman–Crippen MR) is 111 cm³/mol. The van der Waals surface area contributed by atoms with Crippen molar-refractivity contribution in [2.45, 2.75) is 52.8 Å². The average molecular weight is 441 g/mol. The summed E-state index contributed by atoms with van der Waals surface area (Å²) in [4.78, 5) is 23.1. The van der Waals surface area contributed by atoms with Crippen LogP contribution in [0, 0.1) is 5.41 Å². The van der Waals surface area contributed by atoms with E-state index in [1.165, 1.54) is 12.1 Å². The number of benzene rings is 1. The van der Waals surface area contributed by atoms with E-state index in [9.17, 15) is 18.0 Å². The van der Waals surface area contributed by atoms with Gasteiger partial charge in [-0.25, -0.2) is 9.97 Å². The van der Waals surface area contributed by atoms with Gasteiger partial charge in [-0.05, 0) is 36.0 Å². The fourth-order valence-corrected chi connectivity index (χ4v) is 3.49. The van der Waals surface area contributed by atoms with Crippen LogP contribution in [-0.2, 0) is 23.9 Å². The summed E-state index contributed by atoms with van der Waals surface area (Å²) in [6, 6.07) is 5.08. The maximum atomic E-state index is 12.8. The van der Waals surface area contributed by atoms with E-state index < -0.39 is 11.7 Å². The average Bonchev–Trinajstić information content (AvgIpc) is 2.61. The van der Waals surface area contributed by atoms with E-state index in [2.05, 4.69) is 15.3 Å². The maximum absolute atomic E-state index is 12.8. The number of rotatable bonds is 4. The van der Waals surface area contributed by atoms with Crippen LogP contribution in [0.3, 0.4) is 0 Å². The summed E-state index contributed by atoms with van der Waals surface area (Å²) in [5.41, 5.74) is 0.597. The Morgan fingerprint density at radius 1 is 1.17 bits per heavy atom. The van der Waals surface area contributed by atoms with Gasteiger partial charge in [0.25, 0.3) is 0 Å². The molecule has 162 valence electrons. The Hall–Kier alpha value is -2.35. The van der Waals surface area contributed by atoms with Crippen LogP contribution in [-0.4, -0.2) is 22.4 Å². The zero-order valence-corrected chi connectivity index (χ0v) is 17.9. The quantitative estimate of drug-likeness (QED) is 0.684. The number of halogens is 4. The number of carbonyl (C=O) groups is 1. The summed E-state index contributed by atoms with van der Waals surface area (Å²) in [6.07, 6.45) is -2.53. The number of nitrogens with zero attached hydrogens (tertiary/aromatic N) is 3. The third-order valence-corrected chi connectivity index (χ3v) is 4.91. The molecule has 0 unspecified atom stereocenters. The molecule has 2 aromatic rings. The molecule has 1 aliphatic rings. The summed E-state index contributed by atoms with van der Waals surface area (Å²) in [7, 11) is 0. The van der Waals surface area contributed by atoms with E-state index in [0.29, 0.717) is 37.4 Å². The first-order valence-corrected chi connectivity index (χ1v) is 10.1. The van der Waals surface area contributed by atoms with Gasteiger partial charge < -0.3 is 10.2 Å². The molecular formula is C21H24ClF3N4O. The van der Waals surface area contributed by atoms with Gasteiger partial charge in [-0.15, -0.1) is 0 Å². The Morgan fingerprint density at radius 3 is 2.43 bits per heavy atom. The summed E-state index contributed by atoms with van der Waals surface area (Å²) in [6.45, 7) is 6.98. The lowest BCUT2D eigenvalue weighted by Crippen LogP contribution is -2.31. The molecule has 0 fully saturated rings. The van der Waals surface area contributed by atoms with Gasteiger partial charge in [-0.2, -0.15) is 13.2 Å². The first-order chi connectivity index (χ1) is 13.9. The molecule has 30 heavy (non-hydrogen) atoms. The van der Waals surface area contributed by atoms with Crippen molar-refractivity contribution in [2.75, 3.05) is 16.8 Å². The third kappa shape index (κ3) is 5.62. The Bertz CT molecular complexity index is 924. The smallest absolute Gasteiger partial charge is 0.351 e. The van der Waals surface area contributed by atoms with E-state index in [4.69, 9.17) is 11.6 Å². The maximum Gasteiger partial charge on any atom is 0.416 e. The van der Waals surface area contributed by atoms with Gasteiger partial charge in [-0.1, -0.05) is 44.5 Å². The van der Waals surface area contributed by atoms with Crippen LogP contribution in [0.1, 0.15) is 50.4 Å². The number of alkyl halides is 3. The molecule has 9 heteroatoms. The van der Waals surface area contributed by atoms with Gasteiger partial charge in [0.05, 0.1) is 11.3 Å². The van der Waals surface area contributed by atoms with E-state index in [1.54, 1.807) is 0 Å². The monoisotopic (exact) mass is 440 g/mol. The molecule has 5 nitrogen and oxygen atoms in total. The number of hydrogen-bond donors (Lipinski definition) is 1. The zero-order valence-electron chi connectivity index (χ0n) is 17.1. The SMILES string of the molecule is CC(C)(C)CC(=O)Nc1nc2c(nc1Cl)N(Cc1ccc(C(F)(F)F)cc1)CCC2. The minimum atomic E-state index is -4.36. The topological polar surface area (TPSA) is 58.1 Å². The van der Waals surface area contributed by atoms with Gasteiger partial charge in [0.1, 0.15) is 0 Å².